The van der Waals surface area contributed by atoms with Gasteiger partial charge in [0, 0.05) is 17.8 Å². The molecule has 0 aliphatic rings. The van der Waals surface area contributed by atoms with Gasteiger partial charge in [-0.2, -0.15) is 61.1 Å². The van der Waals surface area contributed by atoms with Crippen molar-refractivity contribution >= 4 is 10.1 Å². The molecule has 1 aromatic rings. The van der Waals surface area contributed by atoms with Crippen LogP contribution in [-0.2, 0) is 16.3 Å². The van der Waals surface area contributed by atoms with E-state index < -0.39 is 56.7 Å². The van der Waals surface area contributed by atoms with Gasteiger partial charge in [-0.05, 0) is 6.92 Å². The van der Waals surface area contributed by atoms with Gasteiger partial charge in [0.1, 0.15) is 11.4 Å². The molecule has 0 saturated carbocycles. The van der Waals surface area contributed by atoms with Crippen molar-refractivity contribution in [2.75, 3.05) is 0 Å². The number of nitrogens with zero attached hydrogens (tertiary/aromatic N) is 1. The smallest absolute Gasteiger partial charge is 0.378 e. The maximum atomic E-state index is 13.4. The SMILES string of the molecule is Cc1cc(OS(=O)(=O)C(F)(F)C(F)(F)C(F)(F)C(F)(F)F)cc(C(F)(F)F)n1. The highest BCUT2D eigenvalue weighted by Crippen LogP contribution is 2.55. The van der Waals surface area contributed by atoms with Gasteiger partial charge in [0.05, 0.1) is 0 Å². The molecule has 1 heterocycles. The van der Waals surface area contributed by atoms with E-state index in [1.54, 1.807) is 0 Å². The summed E-state index contributed by atoms with van der Waals surface area (Å²) in [5.41, 5.74) is -2.69. The molecule has 0 N–H and O–H groups in total. The Labute approximate surface area is 147 Å². The summed E-state index contributed by atoms with van der Waals surface area (Å²) >= 11 is 0. The lowest BCUT2D eigenvalue weighted by Crippen LogP contribution is -2.63. The zero-order valence-corrected chi connectivity index (χ0v) is 13.6. The van der Waals surface area contributed by atoms with Crippen molar-refractivity contribution in [1.29, 1.82) is 0 Å². The first-order valence-electron chi connectivity index (χ1n) is 6.28. The fourth-order valence-corrected chi connectivity index (χ4v) is 2.42. The van der Waals surface area contributed by atoms with E-state index in [0.717, 1.165) is 6.92 Å². The lowest BCUT2D eigenvalue weighted by molar-refractivity contribution is -0.382. The van der Waals surface area contributed by atoms with Crippen LogP contribution in [0, 0.1) is 6.92 Å². The van der Waals surface area contributed by atoms with Crippen molar-refractivity contribution < 1.29 is 65.3 Å². The van der Waals surface area contributed by atoms with E-state index >= 15 is 0 Å². The van der Waals surface area contributed by atoms with Crippen molar-refractivity contribution in [3.8, 4) is 5.75 Å². The third-order valence-corrected chi connectivity index (χ3v) is 4.15. The number of alkyl halides is 12. The van der Waals surface area contributed by atoms with Crippen molar-refractivity contribution in [1.82, 2.24) is 4.98 Å². The Bertz CT molecular complexity index is 843. The topological polar surface area (TPSA) is 56.3 Å². The molecule has 0 radical (unpaired) electrons. The molecule has 0 aliphatic carbocycles. The van der Waals surface area contributed by atoms with Crippen LogP contribution in [0.2, 0.25) is 0 Å². The fourth-order valence-electron chi connectivity index (χ4n) is 1.53. The van der Waals surface area contributed by atoms with Crippen molar-refractivity contribution in [2.45, 2.75) is 36.4 Å². The van der Waals surface area contributed by atoms with E-state index in [0.29, 0.717) is 0 Å². The van der Waals surface area contributed by atoms with E-state index in [4.69, 9.17) is 0 Å². The monoisotopic (exact) mass is 459 g/mol. The summed E-state index contributed by atoms with van der Waals surface area (Å²) < 4.78 is 178. The first-order chi connectivity index (χ1) is 12.1. The zero-order chi connectivity index (χ0) is 22.6. The standard InChI is InChI=1S/C11H5F12NO3S/c1-4-2-5(3-6(24-4)7(12,13)14)27-28(25,26)11(22,23)9(17,18)8(15,16)10(19,20)21/h2-3H,1H3. The minimum absolute atomic E-state index is 0.197. The lowest BCUT2D eigenvalue weighted by atomic mass is 10.1. The first-order valence-corrected chi connectivity index (χ1v) is 7.69. The second-order valence-electron chi connectivity index (χ2n) is 5.03. The van der Waals surface area contributed by atoms with Gasteiger partial charge in [-0.15, -0.1) is 0 Å². The molecule has 0 atom stereocenters. The van der Waals surface area contributed by atoms with Gasteiger partial charge >= 0.3 is 39.6 Å². The summed E-state index contributed by atoms with van der Waals surface area (Å²) in [5, 5.41) is -7.20. The van der Waals surface area contributed by atoms with Crippen LogP contribution in [0.25, 0.3) is 0 Å². The van der Waals surface area contributed by atoms with E-state index in [2.05, 4.69) is 9.17 Å². The number of aromatic nitrogens is 1. The molecular formula is C11H5F12NO3S. The van der Waals surface area contributed by atoms with Crippen molar-refractivity contribution in [3.05, 3.63) is 23.5 Å². The minimum atomic E-state index is -7.58. The number of halogens is 12. The molecule has 0 spiro atoms. The highest BCUT2D eigenvalue weighted by molar-refractivity contribution is 7.88. The van der Waals surface area contributed by atoms with Crippen LogP contribution in [0.15, 0.2) is 12.1 Å². The molecule has 0 aromatic carbocycles. The molecule has 162 valence electrons. The molecule has 17 heteroatoms. The van der Waals surface area contributed by atoms with Crippen LogP contribution in [0.5, 0.6) is 5.75 Å². The van der Waals surface area contributed by atoms with Gasteiger partial charge in [0.15, 0.2) is 0 Å². The van der Waals surface area contributed by atoms with Crippen LogP contribution in [0.3, 0.4) is 0 Å². The molecular weight excluding hydrogens is 454 g/mol. The second-order valence-corrected chi connectivity index (χ2v) is 6.62. The van der Waals surface area contributed by atoms with Crippen LogP contribution < -0.4 is 4.18 Å². The number of pyridine rings is 1. The molecule has 0 amide bonds. The van der Waals surface area contributed by atoms with Crippen LogP contribution in [0.4, 0.5) is 52.7 Å². The summed E-state index contributed by atoms with van der Waals surface area (Å²) in [6.45, 7) is 0.749. The minimum Gasteiger partial charge on any atom is -0.378 e. The Hall–Kier alpha value is -1.94. The summed E-state index contributed by atoms with van der Waals surface area (Å²) in [5.74, 6) is -16.8. The first kappa shape index (κ1) is 24.1. The lowest BCUT2D eigenvalue weighted by Gasteiger charge is -2.32. The summed E-state index contributed by atoms with van der Waals surface area (Å²) in [7, 11) is -7.35. The summed E-state index contributed by atoms with van der Waals surface area (Å²) in [6.07, 6.45) is -12.6. The largest absolute Gasteiger partial charge is 0.460 e. The average Bonchev–Trinajstić information content (AvgIpc) is 2.43. The third-order valence-electron chi connectivity index (χ3n) is 2.85. The molecule has 0 saturated heterocycles. The Morgan fingerprint density at radius 1 is 0.821 bits per heavy atom. The molecule has 0 aliphatic heterocycles. The highest BCUT2D eigenvalue weighted by Gasteiger charge is 2.86. The average molecular weight is 459 g/mol. The van der Waals surface area contributed by atoms with E-state index in [9.17, 15) is 61.1 Å². The van der Waals surface area contributed by atoms with Crippen LogP contribution in [-0.4, -0.2) is 36.7 Å². The molecule has 1 rings (SSSR count). The van der Waals surface area contributed by atoms with Crippen LogP contribution >= 0.6 is 0 Å². The quantitative estimate of drug-likeness (QED) is 0.480. The summed E-state index contributed by atoms with van der Waals surface area (Å²) in [4.78, 5) is 2.81. The zero-order valence-electron chi connectivity index (χ0n) is 12.8. The molecule has 0 fully saturated rings. The van der Waals surface area contributed by atoms with E-state index in [1.807, 2.05) is 0 Å². The Morgan fingerprint density at radius 2 is 1.29 bits per heavy atom. The Kier molecular flexibility index (Phi) is 5.64. The third kappa shape index (κ3) is 3.93. The van der Waals surface area contributed by atoms with E-state index in [-0.39, 0.29) is 12.1 Å². The number of hydrogen-bond donors (Lipinski definition) is 0. The summed E-state index contributed by atoms with van der Waals surface area (Å²) in [6, 6.07) is -0.177. The van der Waals surface area contributed by atoms with E-state index in [1.165, 1.54) is 0 Å². The molecule has 0 unspecified atom stereocenters. The molecule has 4 nitrogen and oxygen atoms in total. The van der Waals surface area contributed by atoms with Crippen LogP contribution in [0.1, 0.15) is 11.4 Å². The van der Waals surface area contributed by atoms with Gasteiger partial charge in [-0.1, -0.05) is 0 Å². The Balaban J connectivity index is 3.46. The second kappa shape index (κ2) is 6.55. The maximum absolute atomic E-state index is 13.4. The number of hydrogen-bond acceptors (Lipinski definition) is 4. The van der Waals surface area contributed by atoms with Gasteiger partial charge < -0.3 is 4.18 Å². The molecule has 0 bridgehead atoms. The molecule has 28 heavy (non-hydrogen) atoms. The van der Waals surface area contributed by atoms with Crippen molar-refractivity contribution in [3.63, 3.8) is 0 Å². The van der Waals surface area contributed by atoms with Gasteiger partial charge in [-0.25, -0.2) is 4.98 Å². The fraction of sp³-hybridized carbons (Fsp3) is 0.545. The predicted octanol–water partition coefficient (Wildman–Crippen LogP) is 4.54. The number of rotatable bonds is 5. The van der Waals surface area contributed by atoms with Gasteiger partial charge in [0.25, 0.3) is 0 Å². The highest BCUT2D eigenvalue weighted by atomic mass is 32.2. The normalized spacial score (nSPS) is 14.9. The van der Waals surface area contributed by atoms with Gasteiger partial charge in [0.2, 0.25) is 0 Å². The number of aryl methyl sites for hydroxylation is 1. The Morgan fingerprint density at radius 3 is 1.68 bits per heavy atom. The van der Waals surface area contributed by atoms with Gasteiger partial charge in [-0.3, -0.25) is 0 Å². The predicted molar refractivity (Wildman–Crippen MR) is 64.4 cm³/mol. The van der Waals surface area contributed by atoms with Crippen molar-refractivity contribution in [2.24, 2.45) is 0 Å². The maximum Gasteiger partial charge on any atom is 0.460 e. The molecule has 1 aromatic heterocycles.